The lowest BCUT2D eigenvalue weighted by Gasteiger charge is -2.30. The Hall–Kier alpha value is -1.51. The molecular weight excluding hydrogens is 281 g/mol. The minimum absolute atomic E-state index is 0.0458. The molecule has 19 heavy (non-hydrogen) atoms. The number of hydrazine groups is 1. The van der Waals surface area contributed by atoms with Gasteiger partial charge in [0.05, 0.1) is 5.69 Å². The van der Waals surface area contributed by atoms with Gasteiger partial charge in [-0.15, -0.1) is 0 Å². The van der Waals surface area contributed by atoms with Crippen LogP contribution in [0.2, 0.25) is 0 Å². The zero-order chi connectivity index (χ0) is 15.1. The zero-order valence-corrected chi connectivity index (χ0v) is 9.46. The van der Waals surface area contributed by atoms with Crippen LogP contribution in [0.15, 0.2) is 18.2 Å². The normalized spacial score (nSPS) is 13.5. The first kappa shape index (κ1) is 15.5. The molecule has 0 radical (unpaired) electrons. The Labute approximate surface area is 103 Å². The fourth-order valence-electron chi connectivity index (χ4n) is 1.53. The van der Waals surface area contributed by atoms with Crippen LogP contribution in [0.5, 0.6) is 0 Å². The number of nitrogens with two attached hydrogens (primary N) is 1. The van der Waals surface area contributed by atoms with E-state index >= 15 is 0 Å². The van der Waals surface area contributed by atoms with Gasteiger partial charge in [0, 0.05) is 5.56 Å². The smallest absolute Gasteiger partial charge is 0.324 e. The lowest BCUT2D eigenvalue weighted by molar-refractivity contribution is -0.348. The Morgan fingerprint density at radius 1 is 0.947 bits per heavy atom. The molecule has 1 aromatic rings. The van der Waals surface area contributed by atoms with Crippen molar-refractivity contribution < 1.29 is 30.7 Å². The number of aryl methyl sites for hydroxylation is 1. The number of hydrogen-bond acceptors (Lipinski definition) is 2. The molecule has 3 N–H and O–H groups in total. The molecular formula is C10H9F7N2. The molecule has 0 amide bonds. The van der Waals surface area contributed by atoms with Crippen molar-refractivity contribution in [3.8, 4) is 0 Å². The number of rotatable bonds is 2. The molecule has 0 heterocycles. The third kappa shape index (κ3) is 2.46. The highest BCUT2D eigenvalue weighted by molar-refractivity contribution is 5.52. The van der Waals surface area contributed by atoms with Gasteiger partial charge in [-0.1, -0.05) is 12.1 Å². The van der Waals surface area contributed by atoms with Gasteiger partial charge in [0.25, 0.3) is 0 Å². The maximum absolute atomic E-state index is 13.7. The van der Waals surface area contributed by atoms with Gasteiger partial charge in [-0.3, -0.25) is 5.84 Å². The van der Waals surface area contributed by atoms with Gasteiger partial charge in [-0.2, -0.15) is 26.3 Å². The quantitative estimate of drug-likeness (QED) is 0.496. The standard InChI is InChI=1S/C10H9F7N2/c1-5-4-6(2-3-7(5)19-18)8(11,9(12,13)14)10(15,16)17/h2-4,19H,18H2,1H3. The summed E-state index contributed by atoms with van der Waals surface area (Å²) in [5.74, 6) is 4.99. The third-order valence-corrected chi connectivity index (χ3v) is 2.56. The van der Waals surface area contributed by atoms with Crippen LogP contribution in [0.3, 0.4) is 0 Å². The van der Waals surface area contributed by atoms with Crippen LogP contribution in [0, 0.1) is 6.92 Å². The van der Waals surface area contributed by atoms with Crippen LogP contribution >= 0.6 is 0 Å². The van der Waals surface area contributed by atoms with Gasteiger partial charge >= 0.3 is 18.0 Å². The summed E-state index contributed by atoms with van der Waals surface area (Å²) in [6.45, 7) is 1.20. The van der Waals surface area contributed by atoms with E-state index in [1.807, 2.05) is 0 Å². The van der Waals surface area contributed by atoms with Crippen LogP contribution in [0.25, 0.3) is 0 Å². The van der Waals surface area contributed by atoms with E-state index in [4.69, 9.17) is 5.84 Å². The molecule has 0 saturated carbocycles. The van der Waals surface area contributed by atoms with E-state index in [0.717, 1.165) is 6.07 Å². The van der Waals surface area contributed by atoms with Crippen LogP contribution < -0.4 is 11.3 Å². The van der Waals surface area contributed by atoms with Crippen LogP contribution in [-0.2, 0) is 5.67 Å². The number of nitrogen functional groups attached to an aromatic ring is 1. The molecule has 0 fully saturated rings. The van der Waals surface area contributed by atoms with Crippen molar-refractivity contribution in [3.05, 3.63) is 29.3 Å². The third-order valence-electron chi connectivity index (χ3n) is 2.56. The van der Waals surface area contributed by atoms with E-state index in [2.05, 4.69) is 5.43 Å². The number of benzene rings is 1. The second kappa shape index (κ2) is 4.55. The topological polar surface area (TPSA) is 38.0 Å². The van der Waals surface area contributed by atoms with Gasteiger partial charge in [0.2, 0.25) is 0 Å². The van der Waals surface area contributed by atoms with Crippen LogP contribution in [0.4, 0.5) is 36.4 Å². The lowest BCUT2D eigenvalue weighted by Crippen LogP contribution is -2.50. The lowest BCUT2D eigenvalue weighted by atomic mass is 9.92. The minimum Gasteiger partial charge on any atom is -0.324 e. The average molecular weight is 290 g/mol. The highest BCUT2D eigenvalue weighted by Gasteiger charge is 2.73. The first-order chi connectivity index (χ1) is 8.45. The fraction of sp³-hybridized carbons (Fsp3) is 0.400. The fourth-order valence-corrected chi connectivity index (χ4v) is 1.53. The van der Waals surface area contributed by atoms with Crippen LogP contribution in [0.1, 0.15) is 11.1 Å². The molecule has 0 aromatic heterocycles. The van der Waals surface area contributed by atoms with Crippen molar-refractivity contribution in [2.24, 2.45) is 5.84 Å². The number of hydrogen-bond donors (Lipinski definition) is 2. The van der Waals surface area contributed by atoms with Crippen molar-refractivity contribution in [2.75, 3.05) is 5.43 Å². The van der Waals surface area contributed by atoms with Gasteiger partial charge < -0.3 is 5.43 Å². The average Bonchev–Trinajstić information content (AvgIpc) is 2.24. The minimum atomic E-state index is -6.12. The second-order valence-electron chi connectivity index (χ2n) is 3.83. The van der Waals surface area contributed by atoms with Gasteiger partial charge in [0.15, 0.2) is 0 Å². The highest BCUT2D eigenvalue weighted by Crippen LogP contribution is 2.53. The first-order valence-electron chi connectivity index (χ1n) is 4.85. The van der Waals surface area contributed by atoms with E-state index in [0.29, 0.717) is 12.1 Å². The molecule has 1 aromatic carbocycles. The first-order valence-corrected chi connectivity index (χ1v) is 4.85. The number of alkyl halides is 7. The molecule has 0 unspecified atom stereocenters. The summed E-state index contributed by atoms with van der Waals surface area (Å²) in [6, 6.07) is 1.69. The Morgan fingerprint density at radius 2 is 1.42 bits per heavy atom. The van der Waals surface area contributed by atoms with Crippen molar-refractivity contribution in [2.45, 2.75) is 24.9 Å². The monoisotopic (exact) mass is 290 g/mol. The van der Waals surface area contributed by atoms with Gasteiger partial charge in [-0.05, 0) is 18.6 Å². The zero-order valence-electron chi connectivity index (χ0n) is 9.46. The Kier molecular flexibility index (Phi) is 3.72. The molecule has 0 atom stereocenters. The molecule has 9 heteroatoms. The summed E-state index contributed by atoms with van der Waals surface area (Å²) in [6.07, 6.45) is -12.2. The SMILES string of the molecule is Cc1cc(C(F)(C(F)(F)F)C(F)(F)F)ccc1NN. The maximum Gasteiger partial charge on any atom is 0.435 e. The molecule has 2 nitrogen and oxygen atoms in total. The molecule has 0 aliphatic rings. The van der Waals surface area contributed by atoms with E-state index < -0.39 is 23.6 Å². The molecule has 0 spiro atoms. The summed E-state index contributed by atoms with van der Waals surface area (Å²) < 4.78 is 88.4. The van der Waals surface area contributed by atoms with Crippen LogP contribution in [-0.4, -0.2) is 12.4 Å². The van der Waals surface area contributed by atoms with Gasteiger partial charge in [0.1, 0.15) is 0 Å². The largest absolute Gasteiger partial charge is 0.435 e. The highest BCUT2D eigenvalue weighted by atomic mass is 19.4. The van der Waals surface area contributed by atoms with E-state index in [1.54, 1.807) is 0 Å². The van der Waals surface area contributed by atoms with Crippen molar-refractivity contribution in [1.29, 1.82) is 0 Å². The summed E-state index contributed by atoms with van der Waals surface area (Å²) in [5.41, 5.74) is -4.84. The van der Waals surface area contributed by atoms with Crippen molar-refractivity contribution in [1.82, 2.24) is 0 Å². The van der Waals surface area contributed by atoms with E-state index in [9.17, 15) is 30.7 Å². The summed E-state index contributed by atoms with van der Waals surface area (Å²) in [5, 5.41) is 0. The second-order valence-corrected chi connectivity index (χ2v) is 3.83. The molecule has 108 valence electrons. The van der Waals surface area contributed by atoms with E-state index in [1.165, 1.54) is 6.92 Å². The maximum atomic E-state index is 13.7. The molecule has 0 aliphatic carbocycles. The summed E-state index contributed by atoms with van der Waals surface area (Å²) in [4.78, 5) is 0. The number of halogens is 7. The number of anilines is 1. The van der Waals surface area contributed by atoms with Gasteiger partial charge in [-0.25, -0.2) is 4.39 Å². The Morgan fingerprint density at radius 3 is 1.74 bits per heavy atom. The van der Waals surface area contributed by atoms with Crippen molar-refractivity contribution >= 4 is 5.69 Å². The number of nitrogens with one attached hydrogen (secondary N) is 1. The summed E-state index contributed by atoms with van der Waals surface area (Å²) >= 11 is 0. The molecule has 0 saturated heterocycles. The predicted octanol–water partition coefficient (Wildman–Crippen LogP) is 3.57. The van der Waals surface area contributed by atoms with Crippen molar-refractivity contribution in [3.63, 3.8) is 0 Å². The molecule has 1 rings (SSSR count). The molecule has 0 aliphatic heterocycles. The summed E-state index contributed by atoms with van der Waals surface area (Å²) in [7, 11) is 0. The Bertz CT molecular complexity index is 450. The Balaban J connectivity index is 3.48. The molecule has 0 bridgehead atoms. The predicted molar refractivity (Wildman–Crippen MR) is 53.9 cm³/mol. The van der Waals surface area contributed by atoms with E-state index in [-0.39, 0.29) is 11.3 Å².